The van der Waals surface area contributed by atoms with Gasteiger partial charge in [-0.2, -0.15) is 23.7 Å². The summed E-state index contributed by atoms with van der Waals surface area (Å²) in [6.45, 7) is 8.06. The summed E-state index contributed by atoms with van der Waals surface area (Å²) in [4.78, 5) is 0. The van der Waals surface area contributed by atoms with E-state index in [0.29, 0.717) is 11.4 Å². The molecular weight excluding hydrogens is 629 g/mol. The van der Waals surface area contributed by atoms with Crippen molar-refractivity contribution < 1.29 is 13.2 Å². The molecule has 0 unspecified atom stereocenters. The van der Waals surface area contributed by atoms with E-state index in [9.17, 15) is 23.7 Å². The summed E-state index contributed by atoms with van der Waals surface area (Å²) in [7, 11) is 0. The van der Waals surface area contributed by atoms with Crippen LogP contribution >= 0.6 is 0 Å². The van der Waals surface area contributed by atoms with Crippen molar-refractivity contribution in [2.75, 3.05) is 0 Å². The minimum Gasteiger partial charge on any atom is -0.307 e. The van der Waals surface area contributed by atoms with Crippen LogP contribution in [-0.2, 0) is 6.18 Å². The van der Waals surface area contributed by atoms with Crippen LogP contribution in [0.2, 0.25) is 0 Å². The molecule has 0 fully saturated rings. The third kappa shape index (κ3) is 4.66. The Labute approximate surface area is 286 Å². The maximum Gasteiger partial charge on any atom is 0.417 e. The lowest BCUT2D eigenvalue weighted by Gasteiger charge is -2.21. The van der Waals surface area contributed by atoms with Gasteiger partial charge in [-0.15, -0.1) is 0 Å². The molecule has 0 aliphatic rings. The molecule has 0 atom stereocenters. The molecular formula is C43H29F3N4. The molecule has 0 saturated carbocycles. The van der Waals surface area contributed by atoms with Gasteiger partial charge in [-0.25, -0.2) is 0 Å². The van der Waals surface area contributed by atoms with Crippen LogP contribution in [0.1, 0.15) is 38.9 Å². The molecule has 0 aliphatic carbocycles. The molecule has 6 aromatic carbocycles. The summed E-state index contributed by atoms with van der Waals surface area (Å²) in [6, 6.07) is 36.0. The maximum atomic E-state index is 14.7. The lowest BCUT2D eigenvalue weighted by atomic mass is 9.90. The van der Waals surface area contributed by atoms with Gasteiger partial charge in [-0.1, -0.05) is 54.6 Å². The highest BCUT2D eigenvalue weighted by molar-refractivity contribution is 6.12. The van der Waals surface area contributed by atoms with Gasteiger partial charge in [0, 0.05) is 32.7 Å². The summed E-state index contributed by atoms with van der Waals surface area (Å²) >= 11 is 0. The van der Waals surface area contributed by atoms with Gasteiger partial charge in [0.2, 0.25) is 0 Å². The standard InChI is InChI=1S/C43H29F3N4/c1-24-8-12-30-31-13-9-25(2)17-37(31)49(36(30)16-24)40-20-29(23-48)34(42-28(22-47)6-5-7-35(42)43(44,45)46)21-41(40)50-38-18-26(3)10-14-32(38)33-15-11-27(4)19-39(33)50/h5-21H,1-4H3. The first-order valence-corrected chi connectivity index (χ1v) is 16.2. The van der Waals surface area contributed by atoms with E-state index in [1.54, 1.807) is 12.1 Å². The van der Waals surface area contributed by atoms with Gasteiger partial charge in [0.1, 0.15) is 0 Å². The van der Waals surface area contributed by atoms with Gasteiger partial charge >= 0.3 is 6.18 Å². The average Bonchev–Trinajstić information content (AvgIpc) is 3.57. The number of fused-ring (bicyclic) bond motifs is 6. The van der Waals surface area contributed by atoms with E-state index in [-0.39, 0.29) is 22.3 Å². The van der Waals surface area contributed by atoms with Crippen molar-refractivity contribution in [3.05, 3.63) is 142 Å². The predicted molar refractivity (Wildman–Crippen MR) is 194 cm³/mol. The summed E-state index contributed by atoms with van der Waals surface area (Å²) in [5.74, 6) is 0. The molecule has 7 heteroatoms. The van der Waals surface area contributed by atoms with Gasteiger partial charge in [0.15, 0.2) is 0 Å². The van der Waals surface area contributed by atoms with Crippen molar-refractivity contribution in [2.24, 2.45) is 0 Å². The molecule has 0 amide bonds. The van der Waals surface area contributed by atoms with E-state index in [2.05, 4.69) is 75.9 Å². The zero-order chi connectivity index (χ0) is 35.1. The van der Waals surface area contributed by atoms with E-state index in [4.69, 9.17) is 0 Å². The molecule has 0 aliphatic heterocycles. The van der Waals surface area contributed by atoms with E-state index in [1.807, 2.05) is 45.9 Å². The summed E-state index contributed by atoms with van der Waals surface area (Å²) in [5, 5.41) is 24.8. The van der Waals surface area contributed by atoms with Gasteiger partial charge in [-0.05, 0) is 98.5 Å². The topological polar surface area (TPSA) is 57.4 Å². The van der Waals surface area contributed by atoms with Crippen LogP contribution in [0.25, 0.3) is 66.1 Å². The predicted octanol–water partition coefficient (Wildman–Crippen LogP) is 11.5. The number of nitriles is 2. The molecule has 50 heavy (non-hydrogen) atoms. The Morgan fingerprint density at radius 1 is 0.500 bits per heavy atom. The summed E-state index contributed by atoms with van der Waals surface area (Å²) in [5.41, 5.74) is 7.52. The highest BCUT2D eigenvalue weighted by Crippen LogP contribution is 2.45. The highest BCUT2D eigenvalue weighted by Gasteiger charge is 2.36. The first-order valence-electron chi connectivity index (χ1n) is 16.2. The molecule has 0 spiro atoms. The van der Waals surface area contributed by atoms with Crippen LogP contribution in [0.3, 0.4) is 0 Å². The second-order valence-electron chi connectivity index (χ2n) is 13.1. The van der Waals surface area contributed by atoms with E-state index in [1.165, 1.54) is 12.1 Å². The second-order valence-corrected chi connectivity index (χ2v) is 13.1. The van der Waals surface area contributed by atoms with E-state index in [0.717, 1.165) is 71.9 Å². The number of hydrogen-bond donors (Lipinski definition) is 0. The zero-order valence-electron chi connectivity index (χ0n) is 27.7. The van der Waals surface area contributed by atoms with Crippen molar-refractivity contribution in [3.63, 3.8) is 0 Å². The fraction of sp³-hybridized carbons (Fsp3) is 0.116. The molecule has 4 nitrogen and oxygen atoms in total. The molecule has 2 heterocycles. The molecule has 8 aromatic rings. The van der Waals surface area contributed by atoms with Crippen molar-refractivity contribution in [2.45, 2.75) is 33.9 Å². The van der Waals surface area contributed by atoms with Gasteiger partial charge < -0.3 is 9.13 Å². The number of halogens is 3. The lowest BCUT2D eigenvalue weighted by molar-refractivity contribution is -0.137. The highest BCUT2D eigenvalue weighted by atomic mass is 19.4. The van der Waals surface area contributed by atoms with Crippen LogP contribution in [0.4, 0.5) is 13.2 Å². The Morgan fingerprint density at radius 2 is 0.900 bits per heavy atom. The monoisotopic (exact) mass is 658 g/mol. The van der Waals surface area contributed by atoms with Gasteiger partial charge in [-0.3, -0.25) is 0 Å². The first kappa shape index (κ1) is 31.0. The summed E-state index contributed by atoms with van der Waals surface area (Å²) in [6.07, 6.45) is -4.77. The van der Waals surface area contributed by atoms with Crippen LogP contribution in [0.5, 0.6) is 0 Å². The molecule has 242 valence electrons. The molecule has 0 N–H and O–H groups in total. The first-order chi connectivity index (χ1) is 24.0. The average molecular weight is 659 g/mol. The van der Waals surface area contributed by atoms with Crippen molar-refractivity contribution in [1.82, 2.24) is 9.13 Å². The van der Waals surface area contributed by atoms with Crippen LogP contribution in [0.15, 0.2) is 103 Å². The maximum absolute atomic E-state index is 14.7. The second kappa shape index (κ2) is 11.1. The Balaban J connectivity index is 1.64. The number of hydrogen-bond acceptors (Lipinski definition) is 2. The van der Waals surface area contributed by atoms with Crippen molar-refractivity contribution >= 4 is 43.6 Å². The largest absolute Gasteiger partial charge is 0.417 e. The van der Waals surface area contributed by atoms with Crippen LogP contribution in [0, 0.1) is 50.4 Å². The van der Waals surface area contributed by atoms with Crippen LogP contribution < -0.4 is 0 Å². The smallest absolute Gasteiger partial charge is 0.307 e. The Bertz CT molecular complexity index is 2700. The normalized spacial score (nSPS) is 11.9. The Kier molecular flexibility index (Phi) is 6.89. The molecule has 0 bridgehead atoms. The molecule has 8 rings (SSSR count). The van der Waals surface area contributed by atoms with Crippen molar-refractivity contribution in [3.8, 4) is 34.6 Å². The number of aryl methyl sites for hydroxylation is 4. The van der Waals surface area contributed by atoms with Gasteiger partial charge in [0.05, 0.1) is 62.3 Å². The van der Waals surface area contributed by atoms with Gasteiger partial charge in [0.25, 0.3) is 0 Å². The fourth-order valence-electron chi connectivity index (χ4n) is 7.40. The van der Waals surface area contributed by atoms with E-state index >= 15 is 0 Å². The number of rotatable bonds is 3. The third-order valence-electron chi connectivity index (χ3n) is 9.63. The van der Waals surface area contributed by atoms with E-state index < -0.39 is 11.7 Å². The van der Waals surface area contributed by atoms with Crippen LogP contribution in [-0.4, -0.2) is 9.13 Å². The molecule has 2 aromatic heterocycles. The fourth-order valence-corrected chi connectivity index (χ4v) is 7.40. The quantitative estimate of drug-likeness (QED) is 0.190. The minimum absolute atomic E-state index is 0.0281. The number of aromatic nitrogens is 2. The molecule has 0 saturated heterocycles. The summed E-state index contributed by atoms with van der Waals surface area (Å²) < 4.78 is 48.3. The zero-order valence-corrected chi connectivity index (χ0v) is 27.7. The number of benzene rings is 6. The number of alkyl halides is 3. The SMILES string of the molecule is Cc1ccc2c3ccc(C)cc3n(-c3cc(C#N)c(-c4c(C#N)cccc4C(F)(F)F)cc3-n3c4cc(C)ccc4c4ccc(C)cc43)c2c1. The molecule has 0 radical (unpaired) electrons. The number of nitrogens with zero attached hydrogens (tertiary/aromatic N) is 4. The minimum atomic E-state index is -4.77. The lowest BCUT2D eigenvalue weighted by Crippen LogP contribution is -2.10. The Morgan fingerprint density at radius 3 is 1.28 bits per heavy atom. The third-order valence-corrected chi connectivity index (χ3v) is 9.63. The van der Waals surface area contributed by atoms with Crippen molar-refractivity contribution in [1.29, 1.82) is 10.5 Å². The Hall–Kier alpha value is -6.31.